The number of anilines is 1. The van der Waals surface area contributed by atoms with E-state index in [-0.39, 0.29) is 10.6 Å². The van der Waals surface area contributed by atoms with Crippen LogP contribution in [0, 0.1) is 16.0 Å². The quantitative estimate of drug-likeness (QED) is 0.541. The lowest BCUT2D eigenvalue weighted by molar-refractivity contribution is -0.387. The molecule has 1 aliphatic heterocycles. The number of nitro benzene ring substituents is 1. The van der Waals surface area contributed by atoms with Crippen LogP contribution in [0.25, 0.3) is 0 Å². The maximum absolute atomic E-state index is 12.0. The average molecular weight is 404 g/mol. The van der Waals surface area contributed by atoms with Gasteiger partial charge in [-0.15, -0.1) is 0 Å². The van der Waals surface area contributed by atoms with Crippen LogP contribution in [0.1, 0.15) is 18.4 Å². The Morgan fingerprint density at radius 1 is 1.14 bits per heavy atom. The Balaban J connectivity index is 1.78. The van der Waals surface area contributed by atoms with Crippen molar-refractivity contribution in [1.29, 1.82) is 0 Å². The fourth-order valence-electron chi connectivity index (χ4n) is 3.81. The van der Waals surface area contributed by atoms with Gasteiger partial charge in [-0.2, -0.15) is 0 Å². The Bertz CT molecular complexity index is 966. The first kappa shape index (κ1) is 20.1. The zero-order valence-electron chi connectivity index (χ0n) is 16.0. The summed E-state index contributed by atoms with van der Waals surface area (Å²) in [6.07, 6.45) is 3.64. The number of para-hydroxylation sites is 2. The third kappa shape index (κ3) is 4.27. The van der Waals surface area contributed by atoms with Crippen LogP contribution in [-0.4, -0.2) is 39.8 Å². The molecule has 0 aromatic heterocycles. The van der Waals surface area contributed by atoms with Gasteiger partial charge in [-0.05, 0) is 48.9 Å². The van der Waals surface area contributed by atoms with Crippen LogP contribution < -0.4 is 9.64 Å². The van der Waals surface area contributed by atoms with Gasteiger partial charge in [0.1, 0.15) is 16.3 Å². The highest BCUT2D eigenvalue weighted by Crippen LogP contribution is 2.37. The molecule has 0 bridgehead atoms. The summed E-state index contributed by atoms with van der Waals surface area (Å²) < 4.78 is 29.4. The predicted molar refractivity (Wildman–Crippen MR) is 108 cm³/mol. The molecule has 0 aliphatic carbocycles. The fourth-order valence-corrected chi connectivity index (χ4v) is 4.67. The van der Waals surface area contributed by atoms with Crippen molar-refractivity contribution in [2.24, 2.45) is 5.92 Å². The number of ether oxygens (including phenoxy) is 1. The van der Waals surface area contributed by atoms with Crippen molar-refractivity contribution in [3.8, 4) is 5.75 Å². The molecule has 150 valence electrons. The number of benzene rings is 2. The summed E-state index contributed by atoms with van der Waals surface area (Å²) >= 11 is 0. The minimum Gasteiger partial charge on any atom is -0.496 e. The zero-order chi connectivity index (χ0) is 20.3. The van der Waals surface area contributed by atoms with E-state index in [9.17, 15) is 18.5 Å². The Hall–Kier alpha value is -2.61. The van der Waals surface area contributed by atoms with Crippen LogP contribution >= 0.6 is 0 Å². The van der Waals surface area contributed by atoms with Gasteiger partial charge >= 0.3 is 5.69 Å². The summed E-state index contributed by atoms with van der Waals surface area (Å²) in [5.74, 6) is 1.33. The van der Waals surface area contributed by atoms with Crippen molar-refractivity contribution in [1.82, 2.24) is 0 Å². The number of hydrogen-bond donors (Lipinski definition) is 0. The van der Waals surface area contributed by atoms with Crippen molar-refractivity contribution in [2.45, 2.75) is 24.2 Å². The largest absolute Gasteiger partial charge is 0.496 e. The third-order valence-corrected chi connectivity index (χ3v) is 6.34. The van der Waals surface area contributed by atoms with Gasteiger partial charge in [-0.3, -0.25) is 10.1 Å². The summed E-state index contributed by atoms with van der Waals surface area (Å²) in [5, 5.41) is 11.6. The summed E-state index contributed by atoms with van der Waals surface area (Å²) in [7, 11) is -2.02. The summed E-state index contributed by atoms with van der Waals surface area (Å²) in [6, 6.07) is 12.4. The second kappa shape index (κ2) is 8.18. The standard InChI is InChI=1S/C20H24N2O5S/c1-27-18-8-4-3-6-16(18)14-15-10-12-21(13-11-15)17-7-5-9-19(28(2,25)26)20(17)22(23)24/h3-9,15H,10-14H2,1-2H3. The lowest BCUT2D eigenvalue weighted by Gasteiger charge is -2.33. The number of hydrogen-bond acceptors (Lipinski definition) is 6. The molecule has 0 amide bonds. The van der Waals surface area contributed by atoms with Gasteiger partial charge < -0.3 is 9.64 Å². The number of piperidine rings is 1. The molecule has 2 aromatic rings. The Morgan fingerprint density at radius 2 is 1.82 bits per heavy atom. The summed E-state index contributed by atoms with van der Waals surface area (Å²) in [6.45, 7) is 1.29. The van der Waals surface area contributed by atoms with Crippen molar-refractivity contribution < 1.29 is 18.1 Å². The van der Waals surface area contributed by atoms with Crippen LogP contribution in [0.5, 0.6) is 5.75 Å². The zero-order valence-corrected chi connectivity index (χ0v) is 16.8. The molecule has 0 N–H and O–H groups in total. The van der Waals surface area contributed by atoms with Crippen molar-refractivity contribution in [3.05, 3.63) is 58.1 Å². The van der Waals surface area contributed by atoms with Crippen LogP contribution in [0.3, 0.4) is 0 Å². The molecule has 3 rings (SSSR count). The number of nitro groups is 1. The smallest absolute Gasteiger partial charge is 0.311 e. The minimum atomic E-state index is -3.68. The van der Waals surface area contributed by atoms with Gasteiger partial charge in [-0.1, -0.05) is 24.3 Å². The van der Waals surface area contributed by atoms with E-state index in [0.717, 1.165) is 36.8 Å². The van der Waals surface area contributed by atoms with E-state index in [1.807, 2.05) is 23.1 Å². The Kier molecular flexibility index (Phi) is 5.88. The molecule has 7 nitrogen and oxygen atoms in total. The van der Waals surface area contributed by atoms with Gasteiger partial charge in [0.2, 0.25) is 0 Å². The Morgan fingerprint density at radius 3 is 2.43 bits per heavy atom. The maximum atomic E-state index is 12.0. The normalized spacial score (nSPS) is 15.4. The summed E-state index contributed by atoms with van der Waals surface area (Å²) in [5.41, 5.74) is 1.21. The molecule has 2 aromatic carbocycles. The molecule has 0 spiro atoms. The van der Waals surface area contributed by atoms with Crippen LogP contribution in [-0.2, 0) is 16.3 Å². The highest BCUT2D eigenvalue weighted by Gasteiger charge is 2.30. The van der Waals surface area contributed by atoms with Crippen molar-refractivity contribution in [3.63, 3.8) is 0 Å². The van der Waals surface area contributed by atoms with Crippen LogP contribution in [0.4, 0.5) is 11.4 Å². The van der Waals surface area contributed by atoms with Gasteiger partial charge in [0.15, 0.2) is 9.84 Å². The third-order valence-electron chi connectivity index (χ3n) is 5.22. The predicted octanol–water partition coefficient (Wildman–Crippen LogP) is 3.47. The summed E-state index contributed by atoms with van der Waals surface area (Å²) in [4.78, 5) is 12.7. The van der Waals surface area contributed by atoms with E-state index < -0.39 is 14.8 Å². The van der Waals surface area contributed by atoms with E-state index in [2.05, 4.69) is 6.07 Å². The van der Waals surface area contributed by atoms with Gasteiger partial charge in [-0.25, -0.2) is 8.42 Å². The maximum Gasteiger partial charge on any atom is 0.311 e. The fraction of sp³-hybridized carbons (Fsp3) is 0.400. The van der Waals surface area contributed by atoms with E-state index in [0.29, 0.717) is 24.7 Å². The number of nitrogens with zero attached hydrogens (tertiary/aromatic N) is 2. The lowest BCUT2D eigenvalue weighted by atomic mass is 9.89. The van der Waals surface area contributed by atoms with Crippen molar-refractivity contribution >= 4 is 21.2 Å². The molecule has 0 unspecified atom stereocenters. The van der Waals surface area contributed by atoms with E-state index in [1.54, 1.807) is 19.2 Å². The highest BCUT2D eigenvalue weighted by molar-refractivity contribution is 7.90. The second-order valence-electron chi connectivity index (χ2n) is 7.10. The monoisotopic (exact) mass is 404 g/mol. The Labute approximate surface area is 165 Å². The lowest BCUT2D eigenvalue weighted by Crippen LogP contribution is -2.35. The molecule has 8 heteroatoms. The molecule has 0 radical (unpaired) electrons. The average Bonchev–Trinajstić information content (AvgIpc) is 2.67. The van der Waals surface area contributed by atoms with Gasteiger partial charge in [0.25, 0.3) is 0 Å². The number of sulfone groups is 1. The van der Waals surface area contributed by atoms with E-state index in [1.165, 1.54) is 6.07 Å². The molecule has 28 heavy (non-hydrogen) atoms. The minimum absolute atomic E-state index is 0.230. The molecule has 1 saturated heterocycles. The van der Waals surface area contributed by atoms with Crippen LogP contribution in [0.2, 0.25) is 0 Å². The topological polar surface area (TPSA) is 89.8 Å². The molecule has 1 fully saturated rings. The highest BCUT2D eigenvalue weighted by atomic mass is 32.2. The molecule has 1 aliphatic rings. The molecule has 0 atom stereocenters. The second-order valence-corrected chi connectivity index (χ2v) is 9.08. The number of rotatable bonds is 6. The number of methoxy groups -OCH3 is 1. The van der Waals surface area contributed by atoms with E-state index >= 15 is 0 Å². The first-order valence-corrected chi connectivity index (χ1v) is 11.0. The van der Waals surface area contributed by atoms with Crippen LogP contribution in [0.15, 0.2) is 47.4 Å². The molecular weight excluding hydrogens is 380 g/mol. The SMILES string of the molecule is COc1ccccc1CC1CCN(c2cccc(S(C)(=O)=O)c2[N+](=O)[O-])CC1. The molecular formula is C20H24N2O5S. The molecule has 1 heterocycles. The van der Waals surface area contributed by atoms with Gasteiger partial charge in [0, 0.05) is 19.3 Å². The first-order chi connectivity index (χ1) is 13.3. The molecule has 0 saturated carbocycles. The first-order valence-electron chi connectivity index (χ1n) is 9.15. The van der Waals surface area contributed by atoms with Gasteiger partial charge in [0.05, 0.1) is 12.0 Å². The van der Waals surface area contributed by atoms with Crippen molar-refractivity contribution in [2.75, 3.05) is 31.4 Å². The van der Waals surface area contributed by atoms with E-state index in [4.69, 9.17) is 4.74 Å².